The standard InChI is InChI=1S/C19H21Cl2N5S.HI/c1-22-19(24-11-15-10-16(20)17(21)26(15)2)23-9-8-14-12-27-18(25-14)13-6-4-3-5-7-13;/h3-7,10,12H,8-9,11H2,1-2H3,(H2,22,23,24);1H. The molecule has 5 nitrogen and oxygen atoms in total. The average Bonchev–Trinajstić information content (AvgIpc) is 3.26. The van der Waals surface area contributed by atoms with E-state index < -0.39 is 0 Å². The van der Waals surface area contributed by atoms with Crippen molar-refractivity contribution in [3.05, 3.63) is 63.3 Å². The van der Waals surface area contributed by atoms with Gasteiger partial charge in [0.05, 0.1) is 17.3 Å². The van der Waals surface area contributed by atoms with E-state index in [-0.39, 0.29) is 24.0 Å². The molecular weight excluding hydrogens is 528 g/mol. The zero-order valence-corrected chi connectivity index (χ0v) is 20.2. The second kappa shape index (κ2) is 11.0. The predicted octanol–water partition coefficient (Wildman–Crippen LogP) is 4.98. The lowest BCUT2D eigenvalue weighted by Crippen LogP contribution is -2.38. The van der Waals surface area contributed by atoms with Gasteiger partial charge in [0.15, 0.2) is 5.96 Å². The molecule has 1 aromatic carbocycles. The van der Waals surface area contributed by atoms with Gasteiger partial charge < -0.3 is 15.2 Å². The number of guanidine groups is 1. The summed E-state index contributed by atoms with van der Waals surface area (Å²) in [6.07, 6.45) is 0.825. The van der Waals surface area contributed by atoms with Gasteiger partial charge in [-0.05, 0) is 6.07 Å². The van der Waals surface area contributed by atoms with Crippen molar-refractivity contribution in [3.63, 3.8) is 0 Å². The van der Waals surface area contributed by atoms with Gasteiger partial charge in [-0.15, -0.1) is 35.3 Å². The number of nitrogens with zero attached hydrogens (tertiary/aromatic N) is 3. The summed E-state index contributed by atoms with van der Waals surface area (Å²) in [6, 6.07) is 12.1. The van der Waals surface area contributed by atoms with Crippen molar-refractivity contribution >= 4 is 64.5 Å². The van der Waals surface area contributed by atoms with Crippen LogP contribution in [0.1, 0.15) is 11.4 Å². The molecule has 0 amide bonds. The summed E-state index contributed by atoms with van der Waals surface area (Å²) in [4.78, 5) is 8.95. The van der Waals surface area contributed by atoms with Crippen LogP contribution in [0.3, 0.4) is 0 Å². The summed E-state index contributed by atoms with van der Waals surface area (Å²) in [5, 5.41) is 10.8. The molecule has 0 bridgehead atoms. The Balaban J connectivity index is 0.00000280. The van der Waals surface area contributed by atoms with Crippen molar-refractivity contribution < 1.29 is 0 Å². The van der Waals surface area contributed by atoms with E-state index in [1.54, 1.807) is 18.4 Å². The Morgan fingerprint density at radius 1 is 1.21 bits per heavy atom. The summed E-state index contributed by atoms with van der Waals surface area (Å²) < 4.78 is 1.85. The molecule has 2 aromatic heterocycles. The molecule has 28 heavy (non-hydrogen) atoms. The summed E-state index contributed by atoms with van der Waals surface area (Å²) in [7, 11) is 3.63. The molecule has 2 heterocycles. The van der Waals surface area contributed by atoms with E-state index in [0.717, 1.165) is 40.9 Å². The lowest BCUT2D eigenvalue weighted by atomic mass is 10.2. The molecule has 3 aromatic rings. The van der Waals surface area contributed by atoms with E-state index in [4.69, 9.17) is 28.2 Å². The van der Waals surface area contributed by atoms with Gasteiger partial charge in [-0.1, -0.05) is 53.5 Å². The molecule has 0 saturated carbocycles. The number of benzene rings is 1. The molecule has 0 unspecified atom stereocenters. The van der Waals surface area contributed by atoms with Crippen LogP contribution >= 0.6 is 58.5 Å². The lowest BCUT2D eigenvalue weighted by molar-refractivity contribution is 0.744. The summed E-state index contributed by atoms with van der Waals surface area (Å²) in [5.74, 6) is 0.724. The van der Waals surface area contributed by atoms with Crippen LogP contribution in [0, 0.1) is 0 Å². The van der Waals surface area contributed by atoms with Gasteiger partial charge in [0.1, 0.15) is 10.2 Å². The maximum absolute atomic E-state index is 6.10. The van der Waals surface area contributed by atoms with Crippen LogP contribution in [0.15, 0.2) is 46.8 Å². The number of thiazole rings is 1. The highest BCUT2D eigenvalue weighted by Crippen LogP contribution is 2.25. The molecule has 2 N–H and O–H groups in total. The smallest absolute Gasteiger partial charge is 0.191 e. The van der Waals surface area contributed by atoms with E-state index in [1.165, 1.54) is 0 Å². The molecular formula is C19H22Cl2IN5S. The number of rotatable bonds is 6. The van der Waals surface area contributed by atoms with E-state index in [9.17, 15) is 0 Å². The minimum absolute atomic E-state index is 0. The quantitative estimate of drug-likeness (QED) is 0.259. The predicted molar refractivity (Wildman–Crippen MR) is 130 cm³/mol. The van der Waals surface area contributed by atoms with Gasteiger partial charge in [-0.3, -0.25) is 4.99 Å². The highest BCUT2D eigenvalue weighted by atomic mass is 127. The second-order valence-electron chi connectivity index (χ2n) is 5.95. The monoisotopic (exact) mass is 549 g/mol. The highest BCUT2D eigenvalue weighted by Gasteiger charge is 2.09. The molecule has 0 aliphatic carbocycles. The van der Waals surface area contributed by atoms with Gasteiger partial charge >= 0.3 is 0 Å². The van der Waals surface area contributed by atoms with Crippen LogP contribution in [0.5, 0.6) is 0 Å². The SMILES string of the molecule is CN=C(NCCc1csc(-c2ccccc2)n1)NCc1cc(Cl)c(Cl)n1C.I. The van der Waals surface area contributed by atoms with Gasteiger partial charge in [-0.25, -0.2) is 4.98 Å². The Bertz CT molecular complexity index is 924. The van der Waals surface area contributed by atoms with Crippen LogP contribution in [-0.4, -0.2) is 29.1 Å². The van der Waals surface area contributed by atoms with E-state index in [1.807, 2.05) is 35.9 Å². The van der Waals surface area contributed by atoms with Crippen molar-refractivity contribution in [1.29, 1.82) is 0 Å². The average molecular weight is 550 g/mol. The third kappa shape index (κ3) is 5.85. The van der Waals surface area contributed by atoms with Crippen LogP contribution in [-0.2, 0) is 20.0 Å². The number of halogens is 3. The number of hydrogen-bond donors (Lipinski definition) is 2. The molecule has 0 atom stereocenters. The Kier molecular flexibility index (Phi) is 9.07. The van der Waals surface area contributed by atoms with Crippen molar-refractivity contribution in [3.8, 4) is 10.6 Å². The number of hydrogen-bond acceptors (Lipinski definition) is 3. The molecule has 0 aliphatic rings. The number of aromatic nitrogens is 2. The lowest BCUT2D eigenvalue weighted by Gasteiger charge is -2.12. The first-order chi connectivity index (χ1) is 13.1. The molecule has 3 rings (SSSR count). The topological polar surface area (TPSA) is 54.2 Å². The molecule has 150 valence electrons. The van der Waals surface area contributed by atoms with Crippen molar-refractivity contribution in [2.24, 2.45) is 12.0 Å². The Morgan fingerprint density at radius 2 is 1.96 bits per heavy atom. The Labute approximate surface area is 196 Å². The fourth-order valence-corrected chi connectivity index (χ4v) is 3.87. The fourth-order valence-electron chi connectivity index (χ4n) is 2.60. The zero-order chi connectivity index (χ0) is 19.2. The first-order valence-corrected chi connectivity index (χ1v) is 10.2. The molecule has 9 heteroatoms. The third-order valence-corrected chi connectivity index (χ3v) is 5.90. The van der Waals surface area contributed by atoms with E-state index in [0.29, 0.717) is 16.7 Å². The van der Waals surface area contributed by atoms with Gasteiger partial charge in [0, 0.05) is 43.7 Å². The second-order valence-corrected chi connectivity index (χ2v) is 7.57. The molecule has 0 aliphatic heterocycles. The molecule has 0 fully saturated rings. The summed E-state index contributed by atoms with van der Waals surface area (Å²) in [5.41, 5.74) is 3.21. The van der Waals surface area contributed by atoms with Crippen molar-refractivity contribution in [1.82, 2.24) is 20.2 Å². The maximum atomic E-state index is 6.10. The van der Waals surface area contributed by atoms with Gasteiger partial charge in [0.25, 0.3) is 0 Å². The molecule has 0 saturated heterocycles. The maximum Gasteiger partial charge on any atom is 0.191 e. The molecule has 0 radical (unpaired) electrons. The minimum atomic E-state index is 0. The number of aliphatic imine (C=N–C) groups is 1. The van der Waals surface area contributed by atoms with Crippen LogP contribution in [0.25, 0.3) is 10.6 Å². The van der Waals surface area contributed by atoms with E-state index in [2.05, 4.69) is 33.1 Å². The van der Waals surface area contributed by atoms with Crippen LogP contribution in [0.4, 0.5) is 0 Å². The number of nitrogens with one attached hydrogen (secondary N) is 2. The largest absolute Gasteiger partial charge is 0.356 e. The van der Waals surface area contributed by atoms with Crippen molar-refractivity contribution in [2.45, 2.75) is 13.0 Å². The van der Waals surface area contributed by atoms with Crippen LogP contribution < -0.4 is 10.6 Å². The first kappa shape index (κ1) is 23.0. The highest BCUT2D eigenvalue weighted by molar-refractivity contribution is 14.0. The summed E-state index contributed by atoms with van der Waals surface area (Å²) >= 11 is 13.8. The molecule has 0 spiro atoms. The van der Waals surface area contributed by atoms with Gasteiger partial charge in [-0.2, -0.15) is 0 Å². The van der Waals surface area contributed by atoms with Gasteiger partial charge in [0.2, 0.25) is 0 Å². The normalized spacial score (nSPS) is 11.2. The summed E-state index contributed by atoms with van der Waals surface area (Å²) in [6.45, 7) is 1.32. The first-order valence-electron chi connectivity index (χ1n) is 8.52. The van der Waals surface area contributed by atoms with E-state index >= 15 is 0 Å². The minimum Gasteiger partial charge on any atom is -0.356 e. The fraction of sp³-hybridized carbons (Fsp3) is 0.263. The Hall–Kier alpha value is -1.29. The third-order valence-electron chi connectivity index (χ3n) is 4.12. The Morgan fingerprint density at radius 3 is 2.61 bits per heavy atom. The van der Waals surface area contributed by atoms with Crippen molar-refractivity contribution in [2.75, 3.05) is 13.6 Å². The zero-order valence-electron chi connectivity index (χ0n) is 15.6. The van der Waals surface area contributed by atoms with Crippen LogP contribution in [0.2, 0.25) is 10.2 Å².